The molecule has 108 valence electrons. The molecule has 4 rings (SSSR count). The van der Waals surface area contributed by atoms with E-state index in [0.717, 1.165) is 11.1 Å². The Balaban J connectivity index is 1.84. The third-order valence-corrected chi connectivity index (χ3v) is 7.50. The van der Waals surface area contributed by atoms with Gasteiger partial charge in [-0.2, -0.15) is 4.31 Å². The monoisotopic (exact) mass is 319 g/mol. The zero-order chi connectivity index (χ0) is 14.6. The number of hydrogen-bond donors (Lipinski definition) is 0. The summed E-state index contributed by atoms with van der Waals surface area (Å²) in [5, 5.41) is 1.76. The van der Waals surface area contributed by atoms with E-state index in [2.05, 4.69) is 0 Å². The first-order valence-electron chi connectivity index (χ1n) is 6.79. The molecule has 1 atom stereocenters. The molecule has 1 unspecified atom stereocenters. The van der Waals surface area contributed by atoms with Gasteiger partial charge in [0, 0.05) is 18.5 Å². The summed E-state index contributed by atoms with van der Waals surface area (Å²) < 4.78 is 27.4. The van der Waals surface area contributed by atoms with Gasteiger partial charge in [-0.15, -0.1) is 11.3 Å². The first-order chi connectivity index (χ1) is 10.1. The predicted molar refractivity (Wildman–Crippen MR) is 80.0 cm³/mol. The van der Waals surface area contributed by atoms with Gasteiger partial charge in [-0.1, -0.05) is 24.3 Å². The van der Waals surface area contributed by atoms with Crippen molar-refractivity contribution >= 4 is 27.1 Å². The summed E-state index contributed by atoms with van der Waals surface area (Å²) in [6.07, 6.45) is 0.925. The number of carbonyl (C=O) groups excluding carboxylic acids is 1. The standard InChI is InChI=1S/C15H13NO3S2/c17-13-9-12-15-10(3-1-4-11(13)15)6-7-16(12)21(18,19)14-5-2-8-20-14/h1-5,8,12H,6-7,9H2. The Morgan fingerprint density at radius 2 is 2.05 bits per heavy atom. The van der Waals surface area contributed by atoms with E-state index in [0.29, 0.717) is 22.7 Å². The van der Waals surface area contributed by atoms with Gasteiger partial charge < -0.3 is 0 Å². The van der Waals surface area contributed by atoms with Gasteiger partial charge in [-0.05, 0) is 29.0 Å². The molecule has 2 aromatic rings. The molecule has 1 aliphatic carbocycles. The van der Waals surface area contributed by atoms with Crippen LogP contribution in [0.15, 0.2) is 39.9 Å². The highest BCUT2D eigenvalue weighted by molar-refractivity contribution is 7.91. The average molecular weight is 319 g/mol. The molecule has 4 nitrogen and oxygen atoms in total. The summed E-state index contributed by atoms with van der Waals surface area (Å²) in [4.78, 5) is 12.2. The van der Waals surface area contributed by atoms with Crippen LogP contribution in [0.5, 0.6) is 0 Å². The van der Waals surface area contributed by atoms with Gasteiger partial charge in [0.1, 0.15) is 4.21 Å². The highest BCUT2D eigenvalue weighted by atomic mass is 32.2. The van der Waals surface area contributed by atoms with E-state index in [9.17, 15) is 13.2 Å². The third-order valence-electron chi connectivity index (χ3n) is 4.22. The zero-order valence-electron chi connectivity index (χ0n) is 11.2. The second kappa shape index (κ2) is 4.50. The van der Waals surface area contributed by atoms with Crippen LogP contribution in [0.2, 0.25) is 0 Å². The van der Waals surface area contributed by atoms with Crippen LogP contribution in [0.3, 0.4) is 0 Å². The molecule has 0 bridgehead atoms. The van der Waals surface area contributed by atoms with Crippen LogP contribution in [-0.4, -0.2) is 25.1 Å². The molecule has 21 heavy (non-hydrogen) atoms. The van der Waals surface area contributed by atoms with E-state index in [4.69, 9.17) is 0 Å². The quantitative estimate of drug-likeness (QED) is 0.855. The van der Waals surface area contributed by atoms with E-state index in [1.54, 1.807) is 17.5 Å². The molecule has 1 aromatic carbocycles. The maximum atomic E-state index is 12.8. The Morgan fingerprint density at radius 1 is 1.19 bits per heavy atom. The average Bonchev–Trinajstić information content (AvgIpc) is 3.10. The fourth-order valence-corrected chi connectivity index (χ4v) is 6.02. The SMILES string of the molecule is O=C1CC2c3c(cccc31)CCN2S(=O)(=O)c1cccs1. The summed E-state index contributed by atoms with van der Waals surface area (Å²) in [7, 11) is -3.51. The lowest BCUT2D eigenvalue weighted by molar-refractivity contribution is 0.0976. The number of nitrogens with zero attached hydrogens (tertiary/aromatic N) is 1. The number of Topliss-reactive ketones (excluding diaryl/α,β-unsaturated/α-hetero) is 1. The molecule has 0 fully saturated rings. The van der Waals surface area contributed by atoms with Crippen LogP contribution < -0.4 is 0 Å². The molecular formula is C15H13NO3S2. The number of carbonyl (C=O) groups is 1. The van der Waals surface area contributed by atoms with Crippen molar-refractivity contribution in [3.63, 3.8) is 0 Å². The second-order valence-corrected chi connectivity index (χ2v) is 8.38. The minimum Gasteiger partial charge on any atom is -0.294 e. The van der Waals surface area contributed by atoms with Gasteiger partial charge in [0.2, 0.25) is 0 Å². The number of hydrogen-bond acceptors (Lipinski definition) is 4. The minimum atomic E-state index is -3.51. The number of rotatable bonds is 2. The molecular weight excluding hydrogens is 306 g/mol. The molecule has 0 N–H and O–H groups in total. The molecule has 6 heteroatoms. The van der Waals surface area contributed by atoms with Crippen LogP contribution in [0.4, 0.5) is 0 Å². The number of thiophene rings is 1. The lowest BCUT2D eigenvalue weighted by Crippen LogP contribution is -2.38. The molecule has 1 aliphatic heterocycles. The number of benzene rings is 1. The lowest BCUT2D eigenvalue weighted by Gasteiger charge is -2.33. The summed E-state index contributed by atoms with van der Waals surface area (Å²) in [5.41, 5.74) is 2.73. The third kappa shape index (κ3) is 1.83. The maximum absolute atomic E-state index is 12.8. The molecule has 0 spiro atoms. The lowest BCUT2D eigenvalue weighted by atomic mass is 9.95. The molecule has 0 amide bonds. The Labute approximate surface area is 127 Å². The van der Waals surface area contributed by atoms with E-state index in [-0.39, 0.29) is 18.2 Å². The van der Waals surface area contributed by atoms with Crippen LogP contribution >= 0.6 is 11.3 Å². The smallest absolute Gasteiger partial charge is 0.253 e. The van der Waals surface area contributed by atoms with Gasteiger partial charge in [0.15, 0.2) is 5.78 Å². The summed E-state index contributed by atoms with van der Waals surface area (Å²) in [5.74, 6) is 0.0464. The normalized spacial score (nSPS) is 21.5. The van der Waals surface area contributed by atoms with Gasteiger partial charge >= 0.3 is 0 Å². The van der Waals surface area contributed by atoms with Gasteiger partial charge in [0.25, 0.3) is 10.0 Å². The van der Waals surface area contributed by atoms with E-state index in [1.807, 2.05) is 18.2 Å². The molecule has 2 heterocycles. The Hall–Kier alpha value is -1.50. The summed E-state index contributed by atoms with van der Waals surface area (Å²) >= 11 is 1.22. The Kier molecular flexibility index (Phi) is 2.82. The predicted octanol–water partition coefficient (Wildman–Crippen LogP) is 2.62. The molecule has 1 aromatic heterocycles. The number of ketones is 1. The largest absolute Gasteiger partial charge is 0.294 e. The van der Waals surface area contributed by atoms with Crippen LogP contribution in [-0.2, 0) is 16.4 Å². The zero-order valence-corrected chi connectivity index (χ0v) is 12.8. The minimum absolute atomic E-state index is 0.0464. The molecule has 0 radical (unpaired) electrons. The van der Waals surface area contributed by atoms with Gasteiger partial charge in [-0.25, -0.2) is 8.42 Å². The maximum Gasteiger partial charge on any atom is 0.253 e. The van der Waals surface area contributed by atoms with Gasteiger partial charge in [-0.3, -0.25) is 4.79 Å². The highest BCUT2D eigenvalue weighted by Gasteiger charge is 2.43. The van der Waals surface area contributed by atoms with Crippen molar-refractivity contribution < 1.29 is 13.2 Å². The number of sulfonamides is 1. The first-order valence-corrected chi connectivity index (χ1v) is 9.11. The van der Waals surface area contributed by atoms with Crippen LogP contribution in [0, 0.1) is 0 Å². The highest BCUT2D eigenvalue weighted by Crippen LogP contribution is 2.43. The Bertz CT molecular complexity index is 825. The Morgan fingerprint density at radius 3 is 2.81 bits per heavy atom. The van der Waals surface area contributed by atoms with E-state index >= 15 is 0 Å². The van der Waals surface area contributed by atoms with Crippen molar-refractivity contribution in [3.8, 4) is 0 Å². The van der Waals surface area contributed by atoms with E-state index in [1.165, 1.54) is 15.6 Å². The van der Waals surface area contributed by atoms with Gasteiger partial charge in [0.05, 0.1) is 6.04 Å². The van der Waals surface area contributed by atoms with Crippen LogP contribution in [0.1, 0.15) is 33.9 Å². The molecule has 0 saturated heterocycles. The van der Waals surface area contributed by atoms with E-state index < -0.39 is 10.0 Å². The van der Waals surface area contributed by atoms with Crippen molar-refractivity contribution in [3.05, 3.63) is 52.4 Å². The van der Waals surface area contributed by atoms with Crippen LogP contribution in [0.25, 0.3) is 0 Å². The van der Waals surface area contributed by atoms with Crippen molar-refractivity contribution in [2.75, 3.05) is 6.54 Å². The summed E-state index contributed by atoms with van der Waals surface area (Å²) in [6.45, 7) is 0.439. The first kappa shape index (κ1) is 13.2. The second-order valence-electron chi connectivity index (χ2n) is 5.32. The van der Waals surface area contributed by atoms with Crippen molar-refractivity contribution in [1.29, 1.82) is 0 Å². The topological polar surface area (TPSA) is 54.5 Å². The fraction of sp³-hybridized carbons (Fsp3) is 0.267. The fourth-order valence-electron chi connectivity index (χ4n) is 3.30. The summed E-state index contributed by atoms with van der Waals surface area (Å²) in [6, 6.07) is 8.73. The molecule has 0 saturated carbocycles. The van der Waals surface area contributed by atoms with Crippen molar-refractivity contribution in [2.45, 2.75) is 23.1 Å². The van der Waals surface area contributed by atoms with Crippen molar-refractivity contribution in [1.82, 2.24) is 4.31 Å². The van der Waals surface area contributed by atoms with Crippen molar-refractivity contribution in [2.24, 2.45) is 0 Å². The molecule has 2 aliphatic rings.